The van der Waals surface area contributed by atoms with Gasteiger partial charge in [0.1, 0.15) is 11.2 Å². The normalized spacial score (nSPS) is 18.8. The molecule has 1 aliphatic heterocycles. The molecule has 1 saturated heterocycles. The lowest BCUT2D eigenvalue weighted by Crippen LogP contribution is -2.42. The molecule has 0 atom stereocenters. The first kappa shape index (κ1) is 21.9. The second-order valence-electron chi connectivity index (χ2n) is 8.79. The molecule has 0 aliphatic carbocycles. The lowest BCUT2D eigenvalue weighted by molar-refractivity contribution is -0.158. The number of rotatable bonds is 4. The summed E-state index contributed by atoms with van der Waals surface area (Å²) in [5.74, 6) is -0.379. The van der Waals surface area contributed by atoms with E-state index in [1.54, 1.807) is 0 Å². The van der Waals surface area contributed by atoms with Gasteiger partial charge in [0, 0.05) is 13.1 Å². The Bertz CT molecular complexity index is 398. The number of esters is 2. The van der Waals surface area contributed by atoms with Crippen LogP contribution < -0.4 is 0 Å². The van der Waals surface area contributed by atoms with Gasteiger partial charge in [-0.05, 0) is 67.5 Å². The first-order valence-electron chi connectivity index (χ1n) is 9.33. The van der Waals surface area contributed by atoms with E-state index in [2.05, 4.69) is 9.80 Å². The van der Waals surface area contributed by atoms with Crippen molar-refractivity contribution in [1.82, 2.24) is 9.80 Å². The highest BCUT2D eigenvalue weighted by atomic mass is 16.6. The maximum absolute atomic E-state index is 12.1. The zero-order valence-corrected chi connectivity index (χ0v) is 16.9. The molecule has 1 heterocycles. The minimum Gasteiger partial charge on any atom is -0.459 e. The van der Waals surface area contributed by atoms with Crippen molar-refractivity contribution in [2.24, 2.45) is 0 Å². The Hall–Kier alpha value is -1.14. The number of carbonyl (C=O) groups is 2. The molecule has 0 aromatic rings. The monoisotopic (exact) mass is 356 g/mol. The third-order valence-corrected chi connectivity index (χ3v) is 3.73. The molecule has 0 saturated carbocycles. The fourth-order valence-electron chi connectivity index (χ4n) is 2.78. The number of ether oxygens (including phenoxy) is 2. The Labute approximate surface area is 152 Å². The first-order valence-corrected chi connectivity index (χ1v) is 9.33. The summed E-state index contributed by atoms with van der Waals surface area (Å²) >= 11 is 0. The van der Waals surface area contributed by atoms with Gasteiger partial charge in [-0.1, -0.05) is 6.42 Å². The Balaban J connectivity index is 2.53. The fraction of sp³-hybridized carbons (Fsp3) is 0.895. The van der Waals surface area contributed by atoms with Crippen molar-refractivity contribution in [3.63, 3.8) is 0 Å². The molecule has 0 radical (unpaired) electrons. The van der Waals surface area contributed by atoms with Crippen LogP contribution in [-0.2, 0) is 19.1 Å². The Morgan fingerprint density at radius 2 is 1.04 bits per heavy atom. The Kier molecular flexibility index (Phi) is 8.35. The highest BCUT2D eigenvalue weighted by molar-refractivity contribution is 5.72. The number of nitrogens with zero attached hydrogens (tertiary/aromatic N) is 2. The molecule has 0 unspecified atom stereocenters. The van der Waals surface area contributed by atoms with E-state index < -0.39 is 11.2 Å². The molecule has 1 fully saturated rings. The van der Waals surface area contributed by atoms with Crippen LogP contribution in [0.3, 0.4) is 0 Å². The first-order chi connectivity index (χ1) is 11.4. The molecule has 0 bridgehead atoms. The molecule has 0 N–H and O–H groups in total. The fourth-order valence-corrected chi connectivity index (χ4v) is 2.78. The summed E-state index contributed by atoms with van der Waals surface area (Å²) in [5.41, 5.74) is -0.918. The van der Waals surface area contributed by atoms with Gasteiger partial charge in [0.05, 0.1) is 13.1 Å². The zero-order chi connectivity index (χ0) is 19.1. The van der Waals surface area contributed by atoms with Crippen LogP contribution in [0, 0.1) is 0 Å². The molecule has 1 rings (SSSR count). The minimum absolute atomic E-state index is 0.189. The SMILES string of the molecule is CC(C)(C)OC(=O)CN1CCCCCN(CC(=O)OC(C)(C)C)CC1. The van der Waals surface area contributed by atoms with E-state index in [4.69, 9.17) is 9.47 Å². The van der Waals surface area contributed by atoms with E-state index in [0.717, 1.165) is 45.4 Å². The standard InChI is InChI=1S/C19H36N2O4/c1-18(2,3)24-16(22)14-20-10-8-7-9-11-21(13-12-20)15-17(23)25-19(4,5)6/h7-15H2,1-6H3. The van der Waals surface area contributed by atoms with Gasteiger partial charge < -0.3 is 9.47 Å². The number of hydrogen-bond acceptors (Lipinski definition) is 6. The summed E-state index contributed by atoms with van der Waals surface area (Å²) in [6.07, 6.45) is 3.21. The van der Waals surface area contributed by atoms with Gasteiger partial charge in [-0.15, -0.1) is 0 Å². The third-order valence-electron chi connectivity index (χ3n) is 3.73. The third kappa shape index (κ3) is 11.2. The summed E-state index contributed by atoms with van der Waals surface area (Å²) in [7, 11) is 0. The summed E-state index contributed by atoms with van der Waals surface area (Å²) in [6.45, 7) is 15.2. The van der Waals surface area contributed by atoms with Crippen LogP contribution in [0.25, 0.3) is 0 Å². The second-order valence-corrected chi connectivity index (χ2v) is 8.79. The van der Waals surface area contributed by atoms with E-state index in [0.29, 0.717) is 13.1 Å². The van der Waals surface area contributed by atoms with Gasteiger partial charge in [0.15, 0.2) is 0 Å². The lowest BCUT2D eigenvalue weighted by atomic mass is 10.2. The van der Waals surface area contributed by atoms with E-state index in [1.165, 1.54) is 0 Å². The van der Waals surface area contributed by atoms with Crippen LogP contribution in [0.5, 0.6) is 0 Å². The van der Waals surface area contributed by atoms with E-state index in [1.807, 2.05) is 41.5 Å². The molecule has 1 aliphatic rings. The van der Waals surface area contributed by atoms with Crippen molar-refractivity contribution in [2.45, 2.75) is 72.0 Å². The average molecular weight is 357 g/mol. The molecule has 6 nitrogen and oxygen atoms in total. The molecule has 146 valence electrons. The van der Waals surface area contributed by atoms with Gasteiger partial charge in [0.25, 0.3) is 0 Å². The average Bonchev–Trinajstić information content (AvgIpc) is 2.48. The van der Waals surface area contributed by atoms with E-state index in [9.17, 15) is 9.59 Å². The van der Waals surface area contributed by atoms with Crippen LogP contribution in [0.15, 0.2) is 0 Å². The highest BCUT2D eigenvalue weighted by Crippen LogP contribution is 2.11. The summed E-state index contributed by atoms with van der Waals surface area (Å²) < 4.78 is 10.8. The minimum atomic E-state index is -0.459. The smallest absolute Gasteiger partial charge is 0.320 e. The lowest BCUT2D eigenvalue weighted by Gasteiger charge is -2.27. The number of carbonyl (C=O) groups excluding carboxylic acids is 2. The largest absolute Gasteiger partial charge is 0.459 e. The van der Waals surface area contributed by atoms with Crippen molar-refractivity contribution in [3.8, 4) is 0 Å². The molecular weight excluding hydrogens is 320 g/mol. The van der Waals surface area contributed by atoms with Crippen molar-refractivity contribution < 1.29 is 19.1 Å². The number of hydrogen-bond donors (Lipinski definition) is 0. The van der Waals surface area contributed by atoms with E-state index >= 15 is 0 Å². The van der Waals surface area contributed by atoms with Crippen molar-refractivity contribution >= 4 is 11.9 Å². The predicted octanol–water partition coefficient (Wildman–Crippen LogP) is 2.46. The van der Waals surface area contributed by atoms with Crippen LogP contribution in [0.2, 0.25) is 0 Å². The summed E-state index contributed by atoms with van der Waals surface area (Å²) in [5, 5.41) is 0. The van der Waals surface area contributed by atoms with Gasteiger partial charge in [-0.25, -0.2) is 0 Å². The highest BCUT2D eigenvalue weighted by Gasteiger charge is 2.22. The Morgan fingerprint density at radius 3 is 1.36 bits per heavy atom. The molecule has 6 heteroatoms. The molecule has 0 aromatic heterocycles. The van der Waals surface area contributed by atoms with Crippen molar-refractivity contribution in [3.05, 3.63) is 0 Å². The molecule has 0 amide bonds. The van der Waals surface area contributed by atoms with Crippen molar-refractivity contribution in [1.29, 1.82) is 0 Å². The maximum atomic E-state index is 12.1. The van der Waals surface area contributed by atoms with Gasteiger partial charge in [-0.2, -0.15) is 0 Å². The van der Waals surface area contributed by atoms with Gasteiger partial charge in [-0.3, -0.25) is 19.4 Å². The second kappa shape index (κ2) is 9.53. The maximum Gasteiger partial charge on any atom is 0.320 e. The van der Waals surface area contributed by atoms with Crippen LogP contribution in [0.1, 0.15) is 60.8 Å². The van der Waals surface area contributed by atoms with Gasteiger partial charge >= 0.3 is 11.9 Å². The molecule has 25 heavy (non-hydrogen) atoms. The van der Waals surface area contributed by atoms with Crippen molar-refractivity contribution in [2.75, 3.05) is 39.3 Å². The van der Waals surface area contributed by atoms with Crippen LogP contribution in [0.4, 0.5) is 0 Å². The zero-order valence-electron chi connectivity index (χ0n) is 16.9. The van der Waals surface area contributed by atoms with Gasteiger partial charge in [0.2, 0.25) is 0 Å². The quantitative estimate of drug-likeness (QED) is 0.721. The topological polar surface area (TPSA) is 59.1 Å². The summed E-state index contributed by atoms with van der Waals surface area (Å²) in [4.78, 5) is 28.4. The van der Waals surface area contributed by atoms with Crippen LogP contribution >= 0.6 is 0 Å². The summed E-state index contributed by atoms with van der Waals surface area (Å²) in [6, 6.07) is 0. The molecule has 0 aromatic carbocycles. The van der Waals surface area contributed by atoms with E-state index in [-0.39, 0.29) is 11.9 Å². The predicted molar refractivity (Wildman–Crippen MR) is 98.4 cm³/mol. The molecular formula is C19H36N2O4. The molecule has 0 spiro atoms. The Morgan fingerprint density at radius 1 is 0.680 bits per heavy atom. The van der Waals surface area contributed by atoms with Crippen LogP contribution in [-0.4, -0.2) is 72.2 Å².